The normalized spacial score (nSPS) is 16.0. The van der Waals surface area contributed by atoms with E-state index in [-0.39, 0.29) is 5.78 Å². The molecule has 8 nitrogen and oxygen atoms in total. The Kier molecular flexibility index (Phi) is 5.53. The van der Waals surface area contributed by atoms with Gasteiger partial charge in [0.2, 0.25) is 5.78 Å². The molecule has 0 aliphatic carbocycles. The summed E-state index contributed by atoms with van der Waals surface area (Å²) in [6, 6.07) is 1.12. The van der Waals surface area contributed by atoms with Gasteiger partial charge < -0.3 is 14.6 Å². The molecule has 142 valence electrons. The molecule has 1 aliphatic heterocycles. The number of ketones is 1. The first-order valence-corrected chi connectivity index (χ1v) is 8.62. The number of carbonyl (C=O) groups excluding carboxylic acids is 4. The van der Waals surface area contributed by atoms with E-state index in [9.17, 15) is 19.2 Å². The molecule has 2 rings (SSSR count). The van der Waals surface area contributed by atoms with Crippen LogP contribution in [0.2, 0.25) is 0 Å². The van der Waals surface area contributed by atoms with E-state index in [1.165, 1.54) is 0 Å². The molecule has 1 fully saturated rings. The summed E-state index contributed by atoms with van der Waals surface area (Å²) in [5.74, 6) is -1.56. The lowest BCUT2D eigenvalue weighted by molar-refractivity contribution is -0.146. The average Bonchev–Trinajstić information content (AvgIpc) is 3.02. The Hall–Kier alpha value is -2.64. The summed E-state index contributed by atoms with van der Waals surface area (Å²) in [7, 11) is 1.85. The number of ether oxygens (including phenoxy) is 1. The topological polar surface area (TPSA) is 97.7 Å². The molecule has 8 heteroatoms. The number of Topliss-reactive ketones (excluding diaryl/α,β-unsaturated/α-hetero) is 1. The Morgan fingerprint density at radius 1 is 1.19 bits per heavy atom. The fourth-order valence-corrected chi connectivity index (χ4v) is 3.09. The highest BCUT2D eigenvalue weighted by molar-refractivity contribution is 6.08. The largest absolute Gasteiger partial charge is 0.456 e. The van der Waals surface area contributed by atoms with Gasteiger partial charge in [-0.2, -0.15) is 0 Å². The van der Waals surface area contributed by atoms with Gasteiger partial charge in [-0.1, -0.05) is 13.8 Å². The van der Waals surface area contributed by atoms with Crippen molar-refractivity contribution in [2.24, 2.45) is 7.05 Å². The highest BCUT2D eigenvalue weighted by atomic mass is 16.5. The maximum atomic E-state index is 12.4. The van der Waals surface area contributed by atoms with E-state index in [4.69, 9.17) is 4.74 Å². The van der Waals surface area contributed by atoms with E-state index in [1.807, 2.05) is 25.5 Å². The minimum Gasteiger partial charge on any atom is -0.456 e. The van der Waals surface area contributed by atoms with Crippen LogP contribution >= 0.6 is 0 Å². The third-order valence-electron chi connectivity index (χ3n) is 5.18. The lowest BCUT2D eigenvalue weighted by atomic mass is 9.93. The van der Waals surface area contributed by atoms with Gasteiger partial charge in [0, 0.05) is 24.0 Å². The van der Waals surface area contributed by atoms with E-state index in [1.54, 1.807) is 19.9 Å². The zero-order valence-corrected chi connectivity index (χ0v) is 15.8. The van der Waals surface area contributed by atoms with Crippen LogP contribution in [0.25, 0.3) is 0 Å². The summed E-state index contributed by atoms with van der Waals surface area (Å²) in [5.41, 5.74) is 1.23. The van der Waals surface area contributed by atoms with Crippen LogP contribution in [0.5, 0.6) is 0 Å². The van der Waals surface area contributed by atoms with Crippen molar-refractivity contribution in [3.63, 3.8) is 0 Å². The van der Waals surface area contributed by atoms with Crippen LogP contribution in [0.4, 0.5) is 4.79 Å². The molecule has 0 aromatic carbocycles. The van der Waals surface area contributed by atoms with Crippen molar-refractivity contribution >= 4 is 23.7 Å². The number of aromatic nitrogens is 1. The van der Waals surface area contributed by atoms with Gasteiger partial charge in [0.1, 0.15) is 12.1 Å². The zero-order valence-electron chi connectivity index (χ0n) is 15.8. The molecule has 3 amide bonds. The number of imide groups is 1. The lowest BCUT2D eigenvalue weighted by Crippen LogP contribution is -2.46. The molecule has 1 aromatic rings. The van der Waals surface area contributed by atoms with Crippen molar-refractivity contribution in [3.8, 4) is 0 Å². The van der Waals surface area contributed by atoms with E-state index in [0.717, 1.165) is 16.3 Å². The van der Waals surface area contributed by atoms with Gasteiger partial charge in [0.25, 0.3) is 5.91 Å². The second-order valence-electron chi connectivity index (χ2n) is 6.54. The van der Waals surface area contributed by atoms with Gasteiger partial charge in [-0.25, -0.2) is 4.79 Å². The van der Waals surface area contributed by atoms with Crippen LogP contribution in [0.15, 0.2) is 6.07 Å². The molecule has 1 N–H and O–H groups in total. The van der Waals surface area contributed by atoms with E-state index in [2.05, 4.69) is 5.32 Å². The Labute approximate surface area is 152 Å². The molecule has 0 unspecified atom stereocenters. The Morgan fingerprint density at radius 2 is 1.81 bits per heavy atom. The number of aryl methyl sites for hydroxylation is 1. The lowest BCUT2D eigenvalue weighted by Gasteiger charge is -2.22. The van der Waals surface area contributed by atoms with Crippen LogP contribution in [-0.4, -0.2) is 51.8 Å². The number of nitrogens with zero attached hydrogens (tertiary/aromatic N) is 2. The Balaban J connectivity index is 1.97. The van der Waals surface area contributed by atoms with Gasteiger partial charge in [-0.15, -0.1) is 0 Å². The standard InChI is InChI=1S/C18H25N3O5/c1-6-18(7-2)16(24)21(17(25)19-18)9-15(23)26-10-14(22)13-8-11(3)20(5)12(13)4/h8H,6-7,9-10H2,1-5H3,(H,19,25). The summed E-state index contributed by atoms with van der Waals surface area (Å²) in [4.78, 5) is 49.6. The van der Waals surface area contributed by atoms with E-state index < -0.39 is 36.6 Å². The molecular formula is C18H25N3O5. The first kappa shape index (κ1) is 19.7. The fraction of sp³-hybridized carbons (Fsp3) is 0.556. The number of rotatable bonds is 7. The summed E-state index contributed by atoms with van der Waals surface area (Å²) in [5, 5.41) is 2.64. The number of carbonyl (C=O) groups is 4. The molecule has 2 heterocycles. The highest BCUT2D eigenvalue weighted by Crippen LogP contribution is 2.24. The summed E-state index contributed by atoms with van der Waals surface area (Å²) >= 11 is 0. The van der Waals surface area contributed by atoms with E-state index in [0.29, 0.717) is 18.4 Å². The van der Waals surface area contributed by atoms with Gasteiger partial charge in [-0.05, 0) is 32.8 Å². The summed E-state index contributed by atoms with van der Waals surface area (Å²) in [6.07, 6.45) is 0.871. The number of nitrogens with one attached hydrogen (secondary N) is 1. The molecule has 0 spiro atoms. The Bertz CT molecular complexity index is 761. The molecule has 26 heavy (non-hydrogen) atoms. The van der Waals surface area contributed by atoms with E-state index >= 15 is 0 Å². The minimum absolute atomic E-state index is 0.326. The maximum Gasteiger partial charge on any atom is 0.326 e. The fourth-order valence-electron chi connectivity index (χ4n) is 3.09. The third-order valence-corrected chi connectivity index (χ3v) is 5.18. The summed E-state index contributed by atoms with van der Waals surface area (Å²) in [6.45, 7) is 6.34. The van der Waals surface area contributed by atoms with Crippen molar-refractivity contribution in [2.45, 2.75) is 46.1 Å². The van der Waals surface area contributed by atoms with Crippen LogP contribution in [0.1, 0.15) is 48.4 Å². The van der Waals surface area contributed by atoms with Crippen molar-refractivity contribution in [3.05, 3.63) is 23.0 Å². The Morgan fingerprint density at radius 3 is 2.27 bits per heavy atom. The molecule has 0 saturated carbocycles. The van der Waals surface area contributed by atoms with Crippen LogP contribution in [0, 0.1) is 13.8 Å². The van der Waals surface area contributed by atoms with Gasteiger partial charge in [0.05, 0.1) is 0 Å². The number of urea groups is 1. The van der Waals surface area contributed by atoms with Crippen molar-refractivity contribution in [2.75, 3.05) is 13.2 Å². The predicted octanol–water partition coefficient (Wildman–Crippen LogP) is 1.48. The molecule has 1 aromatic heterocycles. The molecule has 1 aliphatic rings. The molecule has 0 atom stereocenters. The smallest absolute Gasteiger partial charge is 0.326 e. The quantitative estimate of drug-likeness (QED) is 0.449. The van der Waals surface area contributed by atoms with Crippen molar-refractivity contribution in [1.29, 1.82) is 0 Å². The number of amides is 3. The first-order chi connectivity index (χ1) is 12.2. The predicted molar refractivity (Wildman–Crippen MR) is 93.7 cm³/mol. The minimum atomic E-state index is -0.966. The first-order valence-electron chi connectivity index (χ1n) is 8.62. The molecule has 1 saturated heterocycles. The van der Waals surface area contributed by atoms with Crippen molar-refractivity contribution in [1.82, 2.24) is 14.8 Å². The van der Waals surface area contributed by atoms with Crippen LogP contribution in [-0.2, 0) is 21.4 Å². The molecule has 0 bridgehead atoms. The number of hydrogen-bond donors (Lipinski definition) is 1. The van der Waals surface area contributed by atoms with Gasteiger partial charge in [0.15, 0.2) is 6.61 Å². The zero-order chi connectivity index (χ0) is 19.6. The average molecular weight is 363 g/mol. The summed E-state index contributed by atoms with van der Waals surface area (Å²) < 4.78 is 6.86. The number of hydrogen-bond acceptors (Lipinski definition) is 5. The SMILES string of the molecule is CCC1(CC)NC(=O)N(CC(=O)OCC(=O)c2cc(C)n(C)c2C)C1=O. The monoisotopic (exact) mass is 363 g/mol. The number of esters is 1. The van der Waals surface area contributed by atoms with Gasteiger partial charge in [-0.3, -0.25) is 19.3 Å². The molecule has 0 radical (unpaired) electrons. The van der Waals surface area contributed by atoms with Crippen LogP contribution < -0.4 is 5.32 Å². The maximum absolute atomic E-state index is 12.4. The second kappa shape index (κ2) is 7.31. The van der Waals surface area contributed by atoms with Crippen molar-refractivity contribution < 1.29 is 23.9 Å². The van der Waals surface area contributed by atoms with Crippen LogP contribution in [0.3, 0.4) is 0 Å². The highest BCUT2D eigenvalue weighted by Gasteiger charge is 2.49. The van der Waals surface area contributed by atoms with Gasteiger partial charge >= 0.3 is 12.0 Å². The second-order valence-corrected chi connectivity index (χ2v) is 6.54. The molecular weight excluding hydrogens is 338 g/mol. The third kappa shape index (κ3) is 3.36.